The highest BCUT2D eigenvalue weighted by Gasteiger charge is 2.20. The summed E-state index contributed by atoms with van der Waals surface area (Å²) < 4.78 is 42.5. The lowest BCUT2D eigenvalue weighted by atomic mass is 10.1. The van der Waals surface area contributed by atoms with Crippen molar-refractivity contribution in [1.29, 1.82) is 0 Å². The molecule has 0 bridgehead atoms. The van der Waals surface area contributed by atoms with Crippen molar-refractivity contribution in [2.45, 2.75) is 4.90 Å². The van der Waals surface area contributed by atoms with Crippen LogP contribution in [0.1, 0.15) is 20.7 Å². The summed E-state index contributed by atoms with van der Waals surface area (Å²) in [5, 5.41) is 15.1. The van der Waals surface area contributed by atoms with Gasteiger partial charge in [-0.25, -0.2) is 9.18 Å². The fourth-order valence-electron chi connectivity index (χ4n) is 2.53. The van der Waals surface area contributed by atoms with Crippen LogP contribution in [0.15, 0.2) is 78.1 Å². The van der Waals surface area contributed by atoms with E-state index in [4.69, 9.17) is 11.6 Å². The summed E-state index contributed by atoms with van der Waals surface area (Å²) in [5.41, 5.74) is -0.222. The molecule has 13 heteroatoms. The first-order chi connectivity index (χ1) is 15.5. The minimum absolute atomic E-state index is 0.0106. The van der Waals surface area contributed by atoms with Crippen molar-refractivity contribution < 1.29 is 27.5 Å². The molecule has 0 saturated carbocycles. The van der Waals surface area contributed by atoms with E-state index in [0.717, 1.165) is 18.2 Å². The molecule has 3 aromatic rings. The largest absolute Gasteiger partial charge is 0.478 e. The number of carbonyl (C=O) groups excluding carboxylic acids is 1. The third-order valence-corrected chi connectivity index (χ3v) is 6.73. The number of carbonyl (C=O) groups is 2. The summed E-state index contributed by atoms with van der Waals surface area (Å²) in [6.07, 6.45) is 0. The van der Waals surface area contributed by atoms with Gasteiger partial charge in [0.05, 0.1) is 32.4 Å². The minimum Gasteiger partial charge on any atom is -0.478 e. The number of hydrogen-bond acceptors (Lipinski definition) is 5. The number of sulfonamides is 1. The van der Waals surface area contributed by atoms with Gasteiger partial charge in [0, 0.05) is 8.95 Å². The number of nitrogens with zero attached hydrogens (tertiary/aromatic N) is 2. The monoisotopic (exact) mass is 617 g/mol. The first-order valence-electron chi connectivity index (χ1n) is 8.75. The topological polar surface area (TPSA) is 125 Å². The number of hydrogen-bond donors (Lipinski definition) is 2. The van der Waals surface area contributed by atoms with E-state index in [0.29, 0.717) is 4.47 Å². The lowest BCUT2D eigenvalue weighted by Crippen LogP contribution is -2.16. The van der Waals surface area contributed by atoms with Gasteiger partial charge >= 0.3 is 5.97 Å². The number of aromatic carboxylic acids is 1. The van der Waals surface area contributed by atoms with Crippen molar-refractivity contribution >= 4 is 76.7 Å². The Kier molecular flexibility index (Phi) is 7.62. The Hall–Kier alpha value is -2.67. The van der Waals surface area contributed by atoms with Crippen molar-refractivity contribution in [3.8, 4) is 0 Å². The van der Waals surface area contributed by atoms with E-state index in [2.05, 4.69) is 46.8 Å². The fourth-order valence-corrected chi connectivity index (χ4v) is 4.29. The SMILES string of the molecule is O=C(Nc1ccc(Br)cc1C(=O)O)c1cc(S(=O)(=O)/N=N/c2ccc(F)c(Cl)c2)ccc1Br. The highest BCUT2D eigenvalue weighted by molar-refractivity contribution is 9.10. The van der Waals surface area contributed by atoms with Gasteiger partial charge in [-0.3, -0.25) is 4.79 Å². The molecule has 0 aliphatic carbocycles. The third-order valence-electron chi connectivity index (χ3n) is 4.11. The molecule has 3 aromatic carbocycles. The molecular formula is C20H11Br2ClFN3O5S. The molecule has 0 aliphatic heterocycles. The molecule has 1 amide bonds. The van der Waals surface area contributed by atoms with Crippen molar-refractivity contribution in [2.75, 3.05) is 5.32 Å². The molecule has 8 nitrogen and oxygen atoms in total. The van der Waals surface area contributed by atoms with E-state index in [1.165, 1.54) is 30.3 Å². The Morgan fingerprint density at radius 1 is 1.00 bits per heavy atom. The summed E-state index contributed by atoms with van der Waals surface area (Å²) in [6, 6.07) is 11.1. The number of carboxylic acid groups (broad SMARTS) is 1. The number of nitrogens with one attached hydrogen (secondary N) is 1. The fraction of sp³-hybridized carbons (Fsp3) is 0. The normalized spacial score (nSPS) is 11.5. The van der Waals surface area contributed by atoms with Gasteiger partial charge in [0.15, 0.2) is 0 Å². The summed E-state index contributed by atoms with van der Waals surface area (Å²) in [4.78, 5) is 23.9. The number of rotatable bonds is 6. The number of halogens is 4. The van der Waals surface area contributed by atoms with E-state index in [-0.39, 0.29) is 36.9 Å². The Balaban J connectivity index is 1.91. The van der Waals surface area contributed by atoms with Crippen LogP contribution >= 0.6 is 43.5 Å². The quantitative estimate of drug-likeness (QED) is 0.308. The number of anilines is 1. The van der Waals surface area contributed by atoms with Crippen LogP contribution < -0.4 is 5.32 Å². The van der Waals surface area contributed by atoms with Crippen LogP contribution in [0, 0.1) is 5.82 Å². The van der Waals surface area contributed by atoms with Crippen LogP contribution in [0.5, 0.6) is 0 Å². The molecular weight excluding hydrogens is 609 g/mol. The lowest BCUT2D eigenvalue weighted by Gasteiger charge is -2.11. The van der Waals surface area contributed by atoms with Crippen LogP contribution in [0.3, 0.4) is 0 Å². The second kappa shape index (κ2) is 10.1. The smallest absolute Gasteiger partial charge is 0.337 e. The molecule has 170 valence electrons. The molecule has 0 heterocycles. The van der Waals surface area contributed by atoms with Gasteiger partial charge in [-0.05, 0) is 70.5 Å². The maximum Gasteiger partial charge on any atom is 0.337 e. The Bertz CT molecular complexity index is 1420. The maximum absolute atomic E-state index is 13.2. The van der Waals surface area contributed by atoms with Crippen LogP contribution in [-0.4, -0.2) is 25.4 Å². The Labute approximate surface area is 208 Å². The molecule has 0 aromatic heterocycles. The van der Waals surface area contributed by atoms with Gasteiger partial charge < -0.3 is 10.4 Å². The average molecular weight is 620 g/mol. The highest BCUT2D eigenvalue weighted by atomic mass is 79.9. The molecule has 0 atom stereocenters. The Morgan fingerprint density at radius 2 is 1.73 bits per heavy atom. The summed E-state index contributed by atoms with van der Waals surface area (Å²) in [6.45, 7) is 0. The van der Waals surface area contributed by atoms with Crippen molar-refractivity contribution in [1.82, 2.24) is 0 Å². The van der Waals surface area contributed by atoms with Crippen LogP contribution in [0.4, 0.5) is 15.8 Å². The zero-order valence-electron chi connectivity index (χ0n) is 16.1. The Morgan fingerprint density at radius 3 is 2.39 bits per heavy atom. The third kappa shape index (κ3) is 6.02. The van der Waals surface area contributed by atoms with Gasteiger partial charge in [-0.15, -0.1) is 5.11 Å². The summed E-state index contributed by atoms with van der Waals surface area (Å²) >= 11 is 12.0. The molecule has 0 spiro atoms. The van der Waals surface area contributed by atoms with Crippen LogP contribution in [-0.2, 0) is 10.0 Å². The molecule has 2 N–H and O–H groups in total. The highest BCUT2D eigenvalue weighted by Crippen LogP contribution is 2.27. The second-order valence-corrected chi connectivity index (χ2v) is 10.1. The minimum atomic E-state index is -4.33. The van der Waals surface area contributed by atoms with Crippen LogP contribution in [0.25, 0.3) is 0 Å². The number of carboxylic acids is 1. The maximum atomic E-state index is 13.2. The zero-order chi connectivity index (χ0) is 24.3. The van der Waals surface area contributed by atoms with Gasteiger partial charge in [0.1, 0.15) is 5.82 Å². The molecule has 33 heavy (non-hydrogen) atoms. The molecule has 0 unspecified atom stereocenters. The van der Waals surface area contributed by atoms with Crippen LogP contribution in [0.2, 0.25) is 5.02 Å². The molecule has 0 radical (unpaired) electrons. The van der Waals surface area contributed by atoms with E-state index in [1.807, 2.05) is 0 Å². The predicted octanol–water partition coefficient (Wildman–Crippen LogP) is 6.43. The van der Waals surface area contributed by atoms with Crippen molar-refractivity contribution in [3.63, 3.8) is 0 Å². The average Bonchev–Trinajstić information content (AvgIpc) is 2.75. The number of amides is 1. The molecule has 0 fully saturated rings. The van der Waals surface area contributed by atoms with E-state index in [1.54, 1.807) is 6.07 Å². The van der Waals surface area contributed by atoms with Gasteiger partial charge in [-0.1, -0.05) is 32.1 Å². The van der Waals surface area contributed by atoms with Gasteiger partial charge in [0.25, 0.3) is 15.9 Å². The molecule has 3 rings (SSSR count). The van der Waals surface area contributed by atoms with E-state index in [9.17, 15) is 27.5 Å². The summed E-state index contributed by atoms with van der Waals surface area (Å²) in [7, 11) is -4.33. The van der Waals surface area contributed by atoms with Gasteiger partial charge in [0.2, 0.25) is 0 Å². The van der Waals surface area contributed by atoms with Crippen molar-refractivity contribution in [2.24, 2.45) is 9.63 Å². The van der Waals surface area contributed by atoms with Gasteiger partial charge in [-0.2, -0.15) is 8.42 Å². The summed E-state index contributed by atoms with van der Waals surface area (Å²) in [5.74, 6) is -2.71. The molecule has 0 saturated heterocycles. The zero-order valence-corrected chi connectivity index (χ0v) is 20.8. The predicted molar refractivity (Wildman–Crippen MR) is 126 cm³/mol. The standard InChI is InChI=1S/C20H11Br2ClFN3O5S/c21-10-1-6-18(14(7-10)20(29)30)25-19(28)13-9-12(3-4-15(13)22)33(31,32)27-26-11-2-5-17(24)16(23)8-11/h1-9H,(H,25,28)(H,29,30)/b27-26+. The van der Waals surface area contributed by atoms with Crippen molar-refractivity contribution in [3.05, 3.63) is 85.5 Å². The van der Waals surface area contributed by atoms with E-state index >= 15 is 0 Å². The second-order valence-electron chi connectivity index (χ2n) is 6.35. The number of benzene rings is 3. The molecule has 0 aliphatic rings. The first kappa shape index (κ1) is 25.0. The lowest BCUT2D eigenvalue weighted by molar-refractivity contribution is 0.0698. The van der Waals surface area contributed by atoms with E-state index < -0.39 is 27.7 Å². The first-order valence-corrected chi connectivity index (χ1v) is 12.1.